The van der Waals surface area contributed by atoms with Crippen LogP contribution in [0, 0.1) is 37.0 Å². The third-order valence-corrected chi connectivity index (χ3v) is 17.5. The Morgan fingerprint density at radius 1 is 1.08 bits per heavy atom. The highest BCUT2D eigenvalue weighted by molar-refractivity contribution is 7.86. The number of aromatic nitrogens is 1. The van der Waals surface area contributed by atoms with Crippen LogP contribution in [0.15, 0.2) is 52.3 Å². The first-order chi connectivity index (χ1) is 24.4. The number of rotatable bonds is 11. The van der Waals surface area contributed by atoms with Crippen LogP contribution in [0.2, 0.25) is 18.1 Å². The number of aliphatic hydroxyl groups excluding tert-OH is 1. The van der Waals surface area contributed by atoms with Gasteiger partial charge in [-0.3, -0.25) is 8.98 Å². The Kier molecular flexibility index (Phi) is 16.2. The van der Waals surface area contributed by atoms with Gasteiger partial charge in [-0.25, -0.2) is 9.78 Å². The van der Waals surface area contributed by atoms with Crippen molar-refractivity contribution in [3.63, 3.8) is 0 Å². The summed E-state index contributed by atoms with van der Waals surface area (Å²) < 4.78 is 45.1. The quantitative estimate of drug-likeness (QED) is 0.135. The number of cyclic esters (lactones) is 1. The number of carbonyl (C=O) groups excluding carboxylic acids is 2. The first-order valence-electron chi connectivity index (χ1n) is 18.7. The highest BCUT2D eigenvalue weighted by Gasteiger charge is 2.41. The van der Waals surface area contributed by atoms with Gasteiger partial charge < -0.3 is 14.3 Å². The predicted molar refractivity (Wildman–Crippen MR) is 211 cm³/mol. The number of esters is 1. The van der Waals surface area contributed by atoms with E-state index in [4.69, 9.17) is 13.3 Å². The molecule has 0 bridgehead atoms. The molecule has 2 heterocycles. The fraction of sp³-hybridized carbons (Fsp3) is 0.625. The average Bonchev–Trinajstić information content (AvgIpc) is 3.52. The normalized spacial score (nSPS) is 26.6. The molecule has 0 saturated heterocycles. The number of allylic oxidation sites excluding steroid dienone is 1. The van der Waals surface area contributed by atoms with Crippen LogP contribution >= 0.6 is 11.3 Å². The number of aliphatic hydroxyl groups is 1. The van der Waals surface area contributed by atoms with Crippen molar-refractivity contribution >= 4 is 47.6 Å². The van der Waals surface area contributed by atoms with Gasteiger partial charge in [0.25, 0.3) is 10.1 Å². The molecule has 9 nitrogen and oxygen atoms in total. The number of carbonyl (C=O) groups is 2. The van der Waals surface area contributed by atoms with Crippen molar-refractivity contribution in [3.05, 3.63) is 63.6 Å². The molecule has 1 aromatic carbocycles. The Morgan fingerprint density at radius 2 is 1.71 bits per heavy atom. The van der Waals surface area contributed by atoms with E-state index in [9.17, 15) is 23.1 Å². The van der Waals surface area contributed by atoms with Gasteiger partial charge in [0.2, 0.25) is 0 Å². The molecule has 1 aliphatic rings. The van der Waals surface area contributed by atoms with Crippen molar-refractivity contribution < 1.29 is 36.5 Å². The van der Waals surface area contributed by atoms with E-state index in [0.29, 0.717) is 30.5 Å². The zero-order valence-electron chi connectivity index (χ0n) is 32.8. The zero-order valence-corrected chi connectivity index (χ0v) is 35.4. The van der Waals surface area contributed by atoms with Gasteiger partial charge in [0.05, 0.1) is 34.4 Å². The van der Waals surface area contributed by atoms with Crippen LogP contribution in [0.25, 0.3) is 6.08 Å². The minimum atomic E-state index is -4.10. The van der Waals surface area contributed by atoms with Crippen LogP contribution in [-0.4, -0.2) is 63.5 Å². The molecular weight excluding hydrogens is 715 g/mol. The number of ketones is 1. The molecule has 52 heavy (non-hydrogen) atoms. The molecule has 0 spiro atoms. The van der Waals surface area contributed by atoms with E-state index in [2.05, 4.69) is 32.7 Å². The van der Waals surface area contributed by atoms with Crippen molar-refractivity contribution in [1.82, 2.24) is 4.98 Å². The molecule has 0 radical (unpaired) electrons. The SMILES string of the molecule is CC[Si](CC)(CC)O[C@H]1[C@@H](C)CCC[C@H](COS(=O)(=O)c2ccc(C)cc2)[C@@H](O)C[C@@H](C(C)=Cc2csc(C)n2)OC(=O)/C=C/C(C)(C)C(=O)[C@@H]1C. The largest absolute Gasteiger partial charge is 0.455 e. The maximum atomic E-state index is 14.2. The Bertz CT molecular complexity index is 1640. The van der Waals surface area contributed by atoms with Gasteiger partial charge in [-0.2, -0.15) is 8.42 Å². The van der Waals surface area contributed by atoms with E-state index in [-0.39, 0.29) is 35.7 Å². The number of hydrogen-bond acceptors (Lipinski definition) is 10. The molecule has 2 aromatic rings. The molecule has 0 aliphatic carbocycles. The number of ether oxygens (including phenoxy) is 1. The lowest BCUT2D eigenvalue weighted by atomic mass is 9.76. The highest BCUT2D eigenvalue weighted by atomic mass is 32.2. The van der Waals surface area contributed by atoms with Crippen LogP contribution in [0.5, 0.6) is 0 Å². The van der Waals surface area contributed by atoms with E-state index in [1.165, 1.54) is 29.5 Å². The topological polar surface area (TPSA) is 129 Å². The lowest BCUT2D eigenvalue weighted by Gasteiger charge is -2.40. The Hall–Kier alpha value is -2.48. The number of aryl methyl sites for hydroxylation is 2. The van der Waals surface area contributed by atoms with E-state index in [1.807, 2.05) is 53.0 Å². The molecular formula is C40H61NO8S2Si. The Labute approximate surface area is 317 Å². The van der Waals surface area contributed by atoms with Gasteiger partial charge >= 0.3 is 5.97 Å². The summed E-state index contributed by atoms with van der Waals surface area (Å²) in [5, 5.41) is 14.6. The summed E-state index contributed by atoms with van der Waals surface area (Å²) >= 11 is 1.50. The second-order valence-corrected chi connectivity index (χ2v) is 22.6. The van der Waals surface area contributed by atoms with E-state index in [1.54, 1.807) is 18.2 Å². The van der Waals surface area contributed by atoms with Crippen molar-refractivity contribution in [1.29, 1.82) is 0 Å². The predicted octanol–water partition coefficient (Wildman–Crippen LogP) is 8.85. The van der Waals surface area contributed by atoms with Crippen molar-refractivity contribution in [2.24, 2.45) is 23.2 Å². The second kappa shape index (κ2) is 19.2. The molecule has 0 saturated carbocycles. The van der Waals surface area contributed by atoms with Crippen LogP contribution in [0.1, 0.15) is 97.3 Å². The molecule has 0 unspecified atom stereocenters. The average molecular weight is 776 g/mol. The number of thiazole rings is 1. The second-order valence-electron chi connectivity index (χ2n) is 15.2. The third-order valence-electron chi connectivity index (χ3n) is 10.8. The summed E-state index contributed by atoms with van der Waals surface area (Å²) in [5.41, 5.74) is 1.35. The number of Topliss-reactive ketones (excluding diaryl/α,β-unsaturated/α-hetero) is 1. The van der Waals surface area contributed by atoms with Gasteiger partial charge in [-0.15, -0.1) is 11.3 Å². The van der Waals surface area contributed by atoms with Crippen molar-refractivity contribution in [2.45, 2.75) is 136 Å². The fourth-order valence-corrected chi connectivity index (χ4v) is 11.5. The monoisotopic (exact) mass is 775 g/mol. The Balaban J connectivity index is 2.04. The summed E-state index contributed by atoms with van der Waals surface area (Å²) in [6.07, 6.45) is 4.29. The first-order valence-corrected chi connectivity index (χ1v) is 23.5. The minimum Gasteiger partial charge on any atom is -0.455 e. The van der Waals surface area contributed by atoms with E-state index >= 15 is 0 Å². The zero-order chi connectivity index (χ0) is 38.9. The molecule has 6 atom stereocenters. The van der Waals surface area contributed by atoms with Gasteiger partial charge in [0.15, 0.2) is 8.32 Å². The van der Waals surface area contributed by atoms with Gasteiger partial charge in [-0.1, -0.05) is 64.8 Å². The molecule has 0 amide bonds. The number of nitrogens with zero attached hydrogens (tertiary/aromatic N) is 1. The van der Waals surface area contributed by atoms with Crippen molar-refractivity contribution in [3.8, 4) is 0 Å². The molecule has 12 heteroatoms. The molecule has 290 valence electrons. The maximum Gasteiger partial charge on any atom is 0.331 e. The number of hydrogen-bond donors (Lipinski definition) is 1. The van der Waals surface area contributed by atoms with E-state index in [0.717, 1.165) is 28.7 Å². The molecule has 3 rings (SSSR count). The fourth-order valence-electron chi connectivity index (χ4n) is 6.99. The molecule has 1 aliphatic heterocycles. The standard InChI is InChI=1S/C40H61NO8S2Si/c1-11-52(12-2,13-3)49-38-28(5)15-14-16-32(25-47-51(45,46)34-19-17-27(4)18-20-34)35(42)24-36(29(6)23-33-26-50-31(8)41-33)48-37(43)21-22-40(9,10)39(44)30(38)7/h17-23,26,28,30,32,35-36,38,42H,11-16,24-25H2,1-10H3/b22-21+,29-23?/t28-,30+,32+,35-,36-,38-/m0/s1. The molecule has 0 fully saturated rings. The van der Waals surface area contributed by atoms with Gasteiger partial charge in [0, 0.05) is 35.1 Å². The minimum absolute atomic E-state index is 0.00243. The maximum absolute atomic E-state index is 14.2. The van der Waals surface area contributed by atoms with Gasteiger partial charge in [-0.05, 0) is 95.3 Å². The van der Waals surface area contributed by atoms with Crippen LogP contribution in [0.4, 0.5) is 0 Å². The van der Waals surface area contributed by atoms with Crippen LogP contribution in [0.3, 0.4) is 0 Å². The summed E-state index contributed by atoms with van der Waals surface area (Å²) in [6.45, 7) is 19.5. The van der Waals surface area contributed by atoms with Crippen LogP contribution in [-0.2, 0) is 33.1 Å². The summed E-state index contributed by atoms with van der Waals surface area (Å²) in [5.74, 6) is -1.70. The number of benzene rings is 1. The summed E-state index contributed by atoms with van der Waals surface area (Å²) in [7, 11) is -6.22. The Morgan fingerprint density at radius 3 is 2.29 bits per heavy atom. The summed E-state index contributed by atoms with van der Waals surface area (Å²) in [6, 6.07) is 9.27. The van der Waals surface area contributed by atoms with Gasteiger partial charge in [0.1, 0.15) is 11.9 Å². The third kappa shape index (κ3) is 12.0. The van der Waals surface area contributed by atoms with Crippen LogP contribution < -0.4 is 0 Å². The highest BCUT2D eigenvalue weighted by Crippen LogP contribution is 2.36. The lowest BCUT2D eigenvalue weighted by Crippen LogP contribution is -2.48. The molecule has 1 N–H and O–H groups in total. The summed E-state index contributed by atoms with van der Waals surface area (Å²) in [4.78, 5) is 32.1. The first kappa shape index (κ1) is 43.9. The lowest BCUT2D eigenvalue weighted by molar-refractivity contribution is -0.142. The van der Waals surface area contributed by atoms with Crippen molar-refractivity contribution in [2.75, 3.05) is 6.61 Å². The smallest absolute Gasteiger partial charge is 0.331 e. The van der Waals surface area contributed by atoms with E-state index < -0.39 is 53.9 Å². The molecule has 1 aromatic heterocycles.